The summed E-state index contributed by atoms with van der Waals surface area (Å²) in [5, 5.41) is 4.43. The van der Waals surface area contributed by atoms with Crippen molar-refractivity contribution >= 4 is 16.7 Å². The summed E-state index contributed by atoms with van der Waals surface area (Å²) in [5.41, 5.74) is 2.29. The van der Waals surface area contributed by atoms with Crippen molar-refractivity contribution in [1.82, 2.24) is 24.1 Å². The van der Waals surface area contributed by atoms with Gasteiger partial charge in [0.05, 0.1) is 6.67 Å². The van der Waals surface area contributed by atoms with Gasteiger partial charge in [-0.15, -0.1) is 5.10 Å². The molecule has 26 heavy (non-hydrogen) atoms. The number of rotatable bonds is 3. The number of likely N-dealkylation sites (tertiary alicyclic amines) is 1. The maximum Gasteiger partial charge on any atom is 0.351 e. The van der Waals surface area contributed by atoms with Crippen molar-refractivity contribution in [3.63, 3.8) is 0 Å². The molecule has 0 bridgehead atoms. The van der Waals surface area contributed by atoms with Crippen LogP contribution in [-0.4, -0.2) is 37.2 Å². The lowest BCUT2D eigenvalue weighted by Gasteiger charge is -2.30. The molecule has 0 saturated carbocycles. The second-order valence-corrected chi connectivity index (χ2v) is 6.79. The first kappa shape index (κ1) is 15.3. The third kappa shape index (κ3) is 2.61. The monoisotopic (exact) mass is 349 g/mol. The highest BCUT2D eigenvalue weighted by molar-refractivity contribution is 5.72. The summed E-state index contributed by atoms with van der Waals surface area (Å²) in [6, 6.07) is 13.4. The summed E-state index contributed by atoms with van der Waals surface area (Å²) < 4.78 is 9.05. The van der Waals surface area contributed by atoms with Crippen molar-refractivity contribution in [2.45, 2.75) is 25.4 Å². The molecule has 0 radical (unpaired) electrons. The standard InChI is InChI=1S/C19H19N5O2/c25-19-23-11-4-3-9-17(23)21-24(19)13-22-10-5-6-14(12-22)18-20-15-7-1-2-8-16(15)26-18/h1-4,7-9,11,14H,5-6,10,12-13H2/t14-/m0/s1. The highest BCUT2D eigenvalue weighted by Crippen LogP contribution is 2.29. The van der Waals surface area contributed by atoms with E-state index in [1.807, 2.05) is 42.5 Å². The number of hydrogen-bond donors (Lipinski definition) is 0. The van der Waals surface area contributed by atoms with E-state index in [1.54, 1.807) is 10.6 Å². The van der Waals surface area contributed by atoms with Gasteiger partial charge in [-0.1, -0.05) is 18.2 Å². The van der Waals surface area contributed by atoms with Crippen LogP contribution in [0.25, 0.3) is 16.7 Å². The molecular weight excluding hydrogens is 330 g/mol. The minimum absolute atomic E-state index is 0.107. The number of pyridine rings is 1. The fraction of sp³-hybridized carbons (Fsp3) is 0.316. The molecule has 5 rings (SSSR count). The first-order valence-corrected chi connectivity index (χ1v) is 8.90. The van der Waals surface area contributed by atoms with Crippen molar-refractivity contribution in [2.75, 3.05) is 13.1 Å². The highest BCUT2D eigenvalue weighted by Gasteiger charge is 2.26. The molecule has 1 aliphatic rings. The Balaban J connectivity index is 1.38. The van der Waals surface area contributed by atoms with Crippen LogP contribution >= 0.6 is 0 Å². The Labute approximate surface area is 149 Å². The summed E-state index contributed by atoms with van der Waals surface area (Å²) in [6.07, 6.45) is 3.84. The van der Waals surface area contributed by atoms with Crippen LogP contribution in [0.1, 0.15) is 24.7 Å². The number of nitrogens with zero attached hydrogens (tertiary/aromatic N) is 5. The molecule has 1 saturated heterocycles. The normalized spacial score (nSPS) is 18.7. The number of benzene rings is 1. The molecule has 132 valence electrons. The van der Waals surface area contributed by atoms with E-state index >= 15 is 0 Å². The van der Waals surface area contributed by atoms with Crippen LogP contribution in [0.5, 0.6) is 0 Å². The van der Waals surface area contributed by atoms with Gasteiger partial charge in [-0.2, -0.15) is 4.68 Å². The van der Waals surface area contributed by atoms with E-state index in [0.717, 1.165) is 42.9 Å². The topological polar surface area (TPSA) is 68.6 Å². The minimum atomic E-state index is -0.107. The first-order chi connectivity index (χ1) is 12.8. The molecule has 1 fully saturated rings. The van der Waals surface area contributed by atoms with E-state index in [0.29, 0.717) is 12.3 Å². The van der Waals surface area contributed by atoms with Gasteiger partial charge in [0.2, 0.25) is 0 Å². The maximum atomic E-state index is 12.5. The van der Waals surface area contributed by atoms with Gasteiger partial charge in [-0.3, -0.25) is 9.30 Å². The summed E-state index contributed by atoms with van der Waals surface area (Å²) in [5.74, 6) is 1.03. The van der Waals surface area contributed by atoms with E-state index in [4.69, 9.17) is 4.42 Å². The van der Waals surface area contributed by atoms with Gasteiger partial charge in [0.1, 0.15) is 5.52 Å². The predicted molar refractivity (Wildman–Crippen MR) is 97.0 cm³/mol. The summed E-state index contributed by atoms with van der Waals surface area (Å²) in [4.78, 5) is 19.4. The van der Waals surface area contributed by atoms with Crippen molar-refractivity contribution < 1.29 is 4.42 Å². The molecule has 3 aromatic heterocycles. The van der Waals surface area contributed by atoms with E-state index in [9.17, 15) is 4.79 Å². The summed E-state index contributed by atoms with van der Waals surface area (Å²) >= 11 is 0. The predicted octanol–water partition coefficient (Wildman–Crippen LogP) is 2.47. The molecule has 4 heterocycles. The van der Waals surface area contributed by atoms with Crippen molar-refractivity contribution in [3.8, 4) is 0 Å². The average molecular weight is 349 g/mol. The second kappa shape index (κ2) is 6.10. The zero-order chi connectivity index (χ0) is 17.5. The Morgan fingerprint density at radius 2 is 2.04 bits per heavy atom. The quantitative estimate of drug-likeness (QED) is 0.568. The van der Waals surface area contributed by atoms with Gasteiger partial charge in [-0.05, 0) is 43.7 Å². The average Bonchev–Trinajstić information content (AvgIpc) is 3.24. The molecule has 0 spiro atoms. The lowest BCUT2D eigenvalue weighted by atomic mass is 9.98. The van der Waals surface area contributed by atoms with Crippen LogP contribution in [0.15, 0.2) is 57.9 Å². The number of hydrogen-bond acceptors (Lipinski definition) is 5. The maximum absolute atomic E-state index is 12.5. The van der Waals surface area contributed by atoms with E-state index < -0.39 is 0 Å². The van der Waals surface area contributed by atoms with E-state index in [-0.39, 0.29) is 11.6 Å². The Morgan fingerprint density at radius 1 is 1.15 bits per heavy atom. The van der Waals surface area contributed by atoms with Gasteiger partial charge in [0.15, 0.2) is 17.1 Å². The van der Waals surface area contributed by atoms with Crippen LogP contribution in [0, 0.1) is 0 Å². The minimum Gasteiger partial charge on any atom is -0.440 e. The van der Waals surface area contributed by atoms with Crippen LogP contribution < -0.4 is 5.69 Å². The van der Waals surface area contributed by atoms with Crippen molar-refractivity contribution in [3.05, 3.63) is 65.0 Å². The summed E-state index contributed by atoms with van der Waals surface area (Å²) in [7, 11) is 0. The Bertz CT molecular complexity index is 1090. The van der Waals surface area contributed by atoms with E-state index in [1.165, 1.54) is 4.68 Å². The molecule has 0 aliphatic carbocycles. The number of piperidine rings is 1. The zero-order valence-corrected chi connectivity index (χ0v) is 14.3. The van der Waals surface area contributed by atoms with E-state index in [2.05, 4.69) is 15.0 Å². The number of oxazole rings is 1. The second-order valence-electron chi connectivity index (χ2n) is 6.79. The molecule has 0 amide bonds. The van der Waals surface area contributed by atoms with Crippen molar-refractivity contribution in [2.24, 2.45) is 0 Å². The number of aromatic nitrogens is 4. The zero-order valence-electron chi connectivity index (χ0n) is 14.3. The van der Waals surface area contributed by atoms with Crippen molar-refractivity contribution in [1.29, 1.82) is 0 Å². The fourth-order valence-corrected chi connectivity index (χ4v) is 3.70. The van der Waals surface area contributed by atoms with Crippen LogP contribution in [-0.2, 0) is 6.67 Å². The van der Waals surface area contributed by atoms with Crippen LogP contribution in [0.2, 0.25) is 0 Å². The Kier molecular flexibility index (Phi) is 3.60. The molecule has 0 unspecified atom stereocenters. The lowest BCUT2D eigenvalue weighted by Crippen LogP contribution is -2.39. The molecule has 4 aromatic rings. The van der Waals surface area contributed by atoms with Gasteiger partial charge in [-0.25, -0.2) is 9.78 Å². The molecule has 1 aliphatic heterocycles. The Morgan fingerprint density at radius 3 is 2.92 bits per heavy atom. The SMILES string of the molecule is O=c1n(CN2CCC[C@H](c3nc4ccccc4o3)C2)nc2ccccn12. The molecule has 1 atom stereocenters. The van der Waals surface area contributed by atoms with Gasteiger partial charge in [0.25, 0.3) is 0 Å². The first-order valence-electron chi connectivity index (χ1n) is 8.90. The Hall–Kier alpha value is -2.93. The third-order valence-electron chi connectivity index (χ3n) is 4.99. The molecule has 7 nitrogen and oxygen atoms in total. The molecule has 7 heteroatoms. The third-order valence-corrected chi connectivity index (χ3v) is 4.99. The number of para-hydroxylation sites is 2. The largest absolute Gasteiger partial charge is 0.440 e. The fourth-order valence-electron chi connectivity index (χ4n) is 3.70. The van der Waals surface area contributed by atoms with Gasteiger partial charge >= 0.3 is 5.69 Å². The van der Waals surface area contributed by atoms with Crippen LogP contribution in [0.4, 0.5) is 0 Å². The smallest absolute Gasteiger partial charge is 0.351 e. The highest BCUT2D eigenvalue weighted by atomic mass is 16.3. The molecule has 1 aromatic carbocycles. The van der Waals surface area contributed by atoms with Crippen LogP contribution in [0.3, 0.4) is 0 Å². The number of fused-ring (bicyclic) bond motifs is 2. The van der Waals surface area contributed by atoms with Gasteiger partial charge < -0.3 is 4.42 Å². The summed E-state index contributed by atoms with van der Waals surface area (Å²) in [6.45, 7) is 2.24. The van der Waals surface area contributed by atoms with Gasteiger partial charge in [0, 0.05) is 18.7 Å². The molecular formula is C19H19N5O2. The molecule has 0 N–H and O–H groups in total. The lowest BCUT2D eigenvalue weighted by molar-refractivity contribution is 0.146.